The minimum absolute atomic E-state index is 0.176. The minimum atomic E-state index is -0.285. The van der Waals surface area contributed by atoms with E-state index in [9.17, 15) is 9.59 Å². The Morgan fingerprint density at radius 2 is 1.23 bits per heavy atom. The molecule has 0 N–H and O–H groups in total. The van der Waals surface area contributed by atoms with E-state index in [2.05, 4.69) is 12.1 Å². The normalized spacial score (nSPS) is 19.5. The Kier molecular flexibility index (Phi) is 4.27. The molecule has 0 radical (unpaired) electrons. The molecule has 0 unspecified atom stereocenters. The minimum Gasteiger partial charge on any atom is -0.466 e. The van der Waals surface area contributed by atoms with E-state index in [1.807, 2.05) is 38.1 Å². The highest BCUT2D eigenvalue weighted by Crippen LogP contribution is 2.49. The summed E-state index contributed by atoms with van der Waals surface area (Å²) in [4.78, 5) is 25.1. The van der Waals surface area contributed by atoms with Crippen molar-refractivity contribution in [2.24, 2.45) is 0 Å². The molecule has 4 heteroatoms. The summed E-state index contributed by atoms with van der Waals surface area (Å²) in [5, 5.41) is 0. The summed E-state index contributed by atoms with van der Waals surface area (Å²) >= 11 is 0. The molecule has 2 atom stereocenters. The number of ether oxygens (including phenoxy) is 2. The van der Waals surface area contributed by atoms with Crippen molar-refractivity contribution in [3.63, 3.8) is 0 Å². The summed E-state index contributed by atoms with van der Waals surface area (Å²) < 4.78 is 10.6. The van der Waals surface area contributed by atoms with E-state index in [1.54, 1.807) is 0 Å². The molecule has 0 aliphatic heterocycles. The predicted molar refractivity (Wildman–Crippen MR) is 98.0 cm³/mol. The molecule has 2 aliphatic rings. The van der Waals surface area contributed by atoms with Gasteiger partial charge in [0.1, 0.15) is 0 Å². The average molecular weight is 350 g/mol. The fourth-order valence-corrected chi connectivity index (χ4v) is 4.34. The lowest BCUT2D eigenvalue weighted by molar-refractivity contribution is -0.146. The Morgan fingerprint density at radius 3 is 1.62 bits per heavy atom. The van der Waals surface area contributed by atoms with Gasteiger partial charge < -0.3 is 9.47 Å². The molecule has 0 heterocycles. The van der Waals surface area contributed by atoms with Crippen molar-refractivity contribution in [3.8, 4) is 11.1 Å². The number of esters is 2. The number of hydrogen-bond acceptors (Lipinski definition) is 4. The van der Waals surface area contributed by atoms with E-state index in [-0.39, 0.29) is 23.8 Å². The second kappa shape index (κ2) is 6.60. The summed E-state index contributed by atoms with van der Waals surface area (Å²) in [6, 6.07) is 12.1. The molecule has 2 aromatic rings. The monoisotopic (exact) mass is 350 g/mol. The number of rotatable bonds is 4. The van der Waals surface area contributed by atoms with Gasteiger partial charge in [-0.25, -0.2) is 0 Å². The van der Waals surface area contributed by atoms with Crippen LogP contribution in [0.1, 0.15) is 47.9 Å². The van der Waals surface area contributed by atoms with Crippen LogP contribution in [0.15, 0.2) is 36.4 Å². The highest BCUT2D eigenvalue weighted by molar-refractivity contribution is 5.93. The lowest BCUT2D eigenvalue weighted by Crippen LogP contribution is -2.28. The molecule has 0 fully saturated rings. The summed E-state index contributed by atoms with van der Waals surface area (Å²) in [7, 11) is 0. The fraction of sp³-hybridized carbons (Fsp3) is 0.364. The third-order valence-corrected chi connectivity index (χ3v) is 5.36. The van der Waals surface area contributed by atoms with Gasteiger partial charge in [-0.2, -0.15) is 0 Å². The standard InChI is InChI=1S/C22H22O4/c1-3-25-21(23)17-11-13-7-6-10-16-18(22(24)26-4-2)12-14-8-5-9-15(17)19(14)20(13)16/h5-10,17-18H,3-4,11-12H2,1-2H3/t17-,18-/m1/s1. The zero-order chi connectivity index (χ0) is 18.3. The quantitative estimate of drug-likeness (QED) is 0.788. The molecule has 134 valence electrons. The molecular formula is C22H22O4. The Morgan fingerprint density at radius 1 is 0.808 bits per heavy atom. The van der Waals surface area contributed by atoms with Gasteiger partial charge in [-0.15, -0.1) is 0 Å². The first kappa shape index (κ1) is 16.8. The molecular weight excluding hydrogens is 328 g/mol. The third kappa shape index (κ3) is 2.52. The van der Waals surface area contributed by atoms with Crippen molar-refractivity contribution < 1.29 is 19.1 Å². The molecule has 4 rings (SSSR count). The van der Waals surface area contributed by atoms with E-state index < -0.39 is 0 Å². The van der Waals surface area contributed by atoms with Crippen molar-refractivity contribution in [1.29, 1.82) is 0 Å². The van der Waals surface area contributed by atoms with Crippen molar-refractivity contribution in [2.45, 2.75) is 38.5 Å². The van der Waals surface area contributed by atoms with Gasteiger partial charge in [-0.3, -0.25) is 9.59 Å². The Bertz CT molecular complexity index is 810. The van der Waals surface area contributed by atoms with Crippen LogP contribution in [-0.2, 0) is 31.9 Å². The molecule has 0 bridgehead atoms. The first-order chi connectivity index (χ1) is 12.7. The van der Waals surface area contributed by atoms with Gasteiger partial charge in [0.2, 0.25) is 0 Å². The van der Waals surface area contributed by atoms with Crippen molar-refractivity contribution in [2.75, 3.05) is 13.2 Å². The van der Waals surface area contributed by atoms with Crippen LogP contribution in [0.25, 0.3) is 11.1 Å². The summed E-state index contributed by atoms with van der Waals surface area (Å²) in [5.74, 6) is -0.924. The van der Waals surface area contributed by atoms with E-state index >= 15 is 0 Å². The van der Waals surface area contributed by atoms with Crippen LogP contribution in [0.2, 0.25) is 0 Å². The molecule has 2 aliphatic carbocycles. The van der Waals surface area contributed by atoms with Gasteiger partial charge in [0.25, 0.3) is 0 Å². The maximum Gasteiger partial charge on any atom is 0.313 e. The van der Waals surface area contributed by atoms with Crippen LogP contribution in [0.4, 0.5) is 0 Å². The fourth-order valence-electron chi connectivity index (χ4n) is 4.34. The number of carbonyl (C=O) groups excluding carboxylic acids is 2. The van der Waals surface area contributed by atoms with Crippen molar-refractivity contribution in [3.05, 3.63) is 58.7 Å². The van der Waals surface area contributed by atoms with Crippen LogP contribution in [-0.4, -0.2) is 25.2 Å². The summed E-state index contributed by atoms with van der Waals surface area (Å²) in [6.07, 6.45) is 1.21. The van der Waals surface area contributed by atoms with Crippen LogP contribution in [0, 0.1) is 0 Å². The van der Waals surface area contributed by atoms with E-state index in [4.69, 9.17) is 9.47 Å². The average Bonchev–Trinajstić information content (AvgIpc) is 2.65. The lowest BCUT2D eigenvalue weighted by Gasteiger charge is -2.35. The van der Waals surface area contributed by atoms with E-state index in [0.717, 1.165) is 33.4 Å². The van der Waals surface area contributed by atoms with Crippen LogP contribution in [0.5, 0.6) is 0 Å². The van der Waals surface area contributed by atoms with Crippen LogP contribution < -0.4 is 0 Å². The van der Waals surface area contributed by atoms with Gasteiger partial charge in [-0.05, 0) is 60.1 Å². The molecule has 2 aromatic carbocycles. The zero-order valence-electron chi connectivity index (χ0n) is 15.1. The molecule has 0 saturated carbocycles. The number of benzene rings is 2. The van der Waals surface area contributed by atoms with Crippen LogP contribution >= 0.6 is 0 Å². The lowest BCUT2D eigenvalue weighted by atomic mass is 9.69. The predicted octanol–water partition coefficient (Wildman–Crippen LogP) is 3.76. The SMILES string of the molecule is CCOC(=O)[C@@H]1Cc2cccc3c2-c2c(cccc21)C[C@H]3C(=O)OCC. The maximum atomic E-state index is 12.5. The van der Waals surface area contributed by atoms with Crippen LogP contribution in [0.3, 0.4) is 0 Å². The molecule has 4 nitrogen and oxygen atoms in total. The van der Waals surface area contributed by atoms with E-state index in [1.165, 1.54) is 0 Å². The Balaban J connectivity index is 1.88. The smallest absolute Gasteiger partial charge is 0.313 e. The zero-order valence-corrected chi connectivity index (χ0v) is 15.1. The van der Waals surface area contributed by atoms with Gasteiger partial charge in [0.05, 0.1) is 25.0 Å². The summed E-state index contributed by atoms with van der Waals surface area (Å²) in [6.45, 7) is 4.42. The van der Waals surface area contributed by atoms with E-state index in [0.29, 0.717) is 26.1 Å². The highest BCUT2D eigenvalue weighted by atomic mass is 16.5. The number of hydrogen-bond donors (Lipinski definition) is 0. The van der Waals surface area contributed by atoms with Crippen molar-refractivity contribution in [1.82, 2.24) is 0 Å². The first-order valence-electron chi connectivity index (χ1n) is 9.22. The Labute approximate surface area is 153 Å². The second-order valence-corrected chi connectivity index (χ2v) is 6.78. The topological polar surface area (TPSA) is 52.6 Å². The summed E-state index contributed by atoms with van der Waals surface area (Å²) in [5.41, 5.74) is 6.47. The maximum absolute atomic E-state index is 12.5. The molecule has 0 saturated heterocycles. The molecule has 0 aromatic heterocycles. The highest BCUT2D eigenvalue weighted by Gasteiger charge is 2.39. The molecule has 0 spiro atoms. The molecule has 26 heavy (non-hydrogen) atoms. The van der Waals surface area contributed by atoms with Crippen molar-refractivity contribution >= 4 is 11.9 Å². The first-order valence-corrected chi connectivity index (χ1v) is 9.22. The second-order valence-electron chi connectivity index (χ2n) is 6.78. The van der Waals surface area contributed by atoms with Gasteiger partial charge in [0, 0.05) is 0 Å². The third-order valence-electron chi connectivity index (χ3n) is 5.36. The van der Waals surface area contributed by atoms with Gasteiger partial charge in [-0.1, -0.05) is 36.4 Å². The van der Waals surface area contributed by atoms with Gasteiger partial charge >= 0.3 is 11.9 Å². The Hall–Kier alpha value is -2.62. The molecule has 0 amide bonds. The largest absolute Gasteiger partial charge is 0.466 e. The van der Waals surface area contributed by atoms with Gasteiger partial charge in [0.15, 0.2) is 0 Å². The number of carbonyl (C=O) groups is 2.